The Bertz CT molecular complexity index is 180. The summed E-state index contributed by atoms with van der Waals surface area (Å²) in [5.41, 5.74) is 0. The van der Waals surface area contributed by atoms with Crippen molar-refractivity contribution in [3.63, 3.8) is 0 Å². The molecule has 0 aromatic carbocycles. The predicted molar refractivity (Wildman–Crippen MR) is 65.3 cm³/mol. The van der Waals surface area contributed by atoms with E-state index in [0.29, 0.717) is 25.9 Å². The molecule has 0 radical (unpaired) electrons. The van der Waals surface area contributed by atoms with Crippen LogP contribution in [0.1, 0.15) is 12.8 Å². The van der Waals surface area contributed by atoms with Gasteiger partial charge in [-0.2, -0.15) is 0 Å². The van der Waals surface area contributed by atoms with Crippen LogP contribution in [-0.2, 0) is 18.9 Å². The summed E-state index contributed by atoms with van der Waals surface area (Å²) in [4.78, 5) is 0. The lowest BCUT2D eigenvalue weighted by molar-refractivity contribution is -0.0715. The average Bonchev–Trinajstić information content (AvgIpc) is 2.38. The molecule has 1 aliphatic rings. The molecule has 0 aromatic rings. The van der Waals surface area contributed by atoms with Crippen LogP contribution in [0.2, 0.25) is 0 Å². The van der Waals surface area contributed by atoms with Gasteiger partial charge in [0, 0.05) is 33.0 Å². The van der Waals surface area contributed by atoms with E-state index in [1.165, 1.54) is 0 Å². The van der Waals surface area contributed by atoms with E-state index in [1.807, 2.05) is 7.05 Å². The van der Waals surface area contributed by atoms with E-state index in [-0.39, 0.29) is 6.10 Å². The molecule has 5 heteroatoms. The highest BCUT2D eigenvalue weighted by atomic mass is 16.5. The van der Waals surface area contributed by atoms with E-state index >= 15 is 0 Å². The Kier molecular flexibility index (Phi) is 8.56. The van der Waals surface area contributed by atoms with Crippen molar-refractivity contribution in [2.24, 2.45) is 0 Å². The van der Waals surface area contributed by atoms with Gasteiger partial charge in [-0.15, -0.1) is 0 Å². The summed E-state index contributed by atoms with van der Waals surface area (Å²) in [5, 5.41) is 3.27. The van der Waals surface area contributed by atoms with Crippen LogP contribution in [0.4, 0.5) is 0 Å². The van der Waals surface area contributed by atoms with Crippen LogP contribution >= 0.6 is 0 Å². The Morgan fingerprint density at radius 2 is 2.12 bits per heavy atom. The third-order valence-electron chi connectivity index (χ3n) is 2.87. The molecule has 102 valence electrons. The number of methoxy groups -OCH3 is 1. The first-order valence-electron chi connectivity index (χ1n) is 6.31. The van der Waals surface area contributed by atoms with Crippen LogP contribution in [0.15, 0.2) is 0 Å². The molecule has 0 bridgehead atoms. The predicted octanol–water partition coefficient (Wildman–Crippen LogP) is 0.433. The molecular formula is C12H25NO4. The van der Waals surface area contributed by atoms with Crippen molar-refractivity contribution >= 4 is 0 Å². The highest BCUT2D eigenvalue weighted by Crippen LogP contribution is 2.11. The smallest absolute Gasteiger partial charge is 0.0961 e. The number of rotatable bonds is 9. The molecule has 5 nitrogen and oxygen atoms in total. The molecule has 1 fully saturated rings. The second-order valence-electron chi connectivity index (χ2n) is 4.13. The van der Waals surface area contributed by atoms with Crippen molar-refractivity contribution in [2.45, 2.75) is 25.0 Å². The van der Waals surface area contributed by atoms with Crippen molar-refractivity contribution < 1.29 is 18.9 Å². The maximum Gasteiger partial charge on any atom is 0.0961 e. The molecule has 0 saturated carbocycles. The Balaban J connectivity index is 1.97. The molecule has 1 saturated heterocycles. The van der Waals surface area contributed by atoms with Gasteiger partial charge in [0.2, 0.25) is 0 Å². The first kappa shape index (κ1) is 14.9. The summed E-state index contributed by atoms with van der Waals surface area (Å²) >= 11 is 0. The normalized spacial score (nSPS) is 25.1. The molecule has 1 heterocycles. The van der Waals surface area contributed by atoms with Crippen molar-refractivity contribution in [3.05, 3.63) is 0 Å². The average molecular weight is 247 g/mol. The lowest BCUT2D eigenvalue weighted by atomic mass is 10.1. The zero-order valence-electron chi connectivity index (χ0n) is 10.9. The van der Waals surface area contributed by atoms with Gasteiger partial charge in [0.15, 0.2) is 0 Å². The number of ether oxygens (including phenoxy) is 4. The topological polar surface area (TPSA) is 49.0 Å². The first-order chi connectivity index (χ1) is 8.38. The number of hydrogen-bond acceptors (Lipinski definition) is 5. The summed E-state index contributed by atoms with van der Waals surface area (Å²) in [6.07, 6.45) is 2.11. The lowest BCUT2D eigenvalue weighted by Gasteiger charge is -2.31. The standard InChI is InChI=1S/C12H25NO4/c1-13-11-4-7-16-10-12(11)17-6-3-5-15-9-8-14-2/h11-13H,3-10H2,1-2H3. The third kappa shape index (κ3) is 6.33. The molecule has 2 unspecified atom stereocenters. The Labute approximate surface area is 104 Å². The third-order valence-corrected chi connectivity index (χ3v) is 2.87. The molecule has 0 aliphatic carbocycles. The molecule has 17 heavy (non-hydrogen) atoms. The van der Waals surface area contributed by atoms with Gasteiger partial charge in [0.25, 0.3) is 0 Å². The summed E-state index contributed by atoms with van der Waals surface area (Å²) < 4.78 is 21.5. The van der Waals surface area contributed by atoms with Gasteiger partial charge < -0.3 is 24.3 Å². The molecule has 2 atom stereocenters. The Hall–Kier alpha value is -0.200. The minimum Gasteiger partial charge on any atom is -0.382 e. The molecule has 0 amide bonds. The summed E-state index contributed by atoms with van der Waals surface area (Å²) in [6, 6.07) is 0.415. The largest absolute Gasteiger partial charge is 0.382 e. The second kappa shape index (κ2) is 9.79. The van der Waals surface area contributed by atoms with E-state index in [2.05, 4.69) is 5.32 Å². The lowest BCUT2D eigenvalue weighted by Crippen LogP contribution is -2.46. The van der Waals surface area contributed by atoms with Gasteiger partial charge in [-0.3, -0.25) is 0 Å². The van der Waals surface area contributed by atoms with Gasteiger partial charge in [0.1, 0.15) is 0 Å². The van der Waals surface area contributed by atoms with Gasteiger partial charge in [-0.25, -0.2) is 0 Å². The SMILES string of the molecule is CNC1CCOCC1OCCCOCCOC. The fraction of sp³-hybridized carbons (Fsp3) is 1.00. The molecule has 0 aromatic heterocycles. The van der Waals surface area contributed by atoms with Gasteiger partial charge in [-0.05, 0) is 19.9 Å². The summed E-state index contributed by atoms with van der Waals surface area (Å²) in [7, 11) is 3.65. The molecule has 0 spiro atoms. The van der Waals surface area contributed by atoms with Gasteiger partial charge in [-0.1, -0.05) is 0 Å². The monoisotopic (exact) mass is 247 g/mol. The van der Waals surface area contributed by atoms with E-state index in [4.69, 9.17) is 18.9 Å². The zero-order valence-corrected chi connectivity index (χ0v) is 10.9. The number of nitrogens with one attached hydrogen (secondary N) is 1. The molecular weight excluding hydrogens is 222 g/mol. The molecule has 1 aliphatic heterocycles. The van der Waals surface area contributed by atoms with E-state index in [9.17, 15) is 0 Å². The maximum absolute atomic E-state index is 5.79. The van der Waals surface area contributed by atoms with Crippen molar-refractivity contribution in [1.82, 2.24) is 5.32 Å². The minimum absolute atomic E-state index is 0.174. The molecule has 1 N–H and O–H groups in total. The number of likely N-dealkylation sites (N-methyl/N-ethyl adjacent to an activating group) is 1. The summed E-state index contributed by atoms with van der Waals surface area (Å²) in [6.45, 7) is 4.27. The van der Waals surface area contributed by atoms with Gasteiger partial charge in [0.05, 0.1) is 25.9 Å². The van der Waals surface area contributed by atoms with Crippen LogP contribution in [0.25, 0.3) is 0 Å². The van der Waals surface area contributed by atoms with E-state index < -0.39 is 0 Å². The Morgan fingerprint density at radius 1 is 1.24 bits per heavy atom. The minimum atomic E-state index is 0.174. The van der Waals surface area contributed by atoms with Crippen LogP contribution < -0.4 is 5.32 Å². The van der Waals surface area contributed by atoms with Crippen molar-refractivity contribution in [1.29, 1.82) is 0 Å². The maximum atomic E-state index is 5.79. The second-order valence-corrected chi connectivity index (χ2v) is 4.13. The summed E-state index contributed by atoms with van der Waals surface area (Å²) in [5.74, 6) is 0. The van der Waals surface area contributed by atoms with Crippen molar-refractivity contribution in [3.8, 4) is 0 Å². The first-order valence-corrected chi connectivity index (χ1v) is 6.31. The quantitative estimate of drug-likeness (QED) is 0.599. The number of hydrogen-bond donors (Lipinski definition) is 1. The highest BCUT2D eigenvalue weighted by molar-refractivity contribution is 4.79. The van der Waals surface area contributed by atoms with E-state index in [0.717, 1.165) is 32.7 Å². The molecule has 1 rings (SSSR count). The fourth-order valence-electron chi connectivity index (χ4n) is 1.85. The van der Waals surface area contributed by atoms with Crippen LogP contribution in [0, 0.1) is 0 Å². The highest BCUT2D eigenvalue weighted by Gasteiger charge is 2.24. The van der Waals surface area contributed by atoms with E-state index in [1.54, 1.807) is 7.11 Å². The van der Waals surface area contributed by atoms with Crippen molar-refractivity contribution in [2.75, 3.05) is 53.8 Å². The van der Waals surface area contributed by atoms with Crippen LogP contribution in [0.3, 0.4) is 0 Å². The Morgan fingerprint density at radius 3 is 2.88 bits per heavy atom. The fourth-order valence-corrected chi connectivity index (χ4v) is 1.85. The van der Waals surface area contributed by atoms with Gasteiger partial charge >= 0.3 is 0 Å². The zero-order chi connectivity index (χ0) is 12.3. The van der Waals surface area contributed by atoms with Crippen LogP contribution in [-0.4, -0.2) is 65.9 Å². The van der Waals surface area contributed by atoms with Crippen LogP contribution in [0.5, 0.6) is 0 Å².